The molecule has 0 amide bonds. The van der Waals surface area contributed by atoms with Crippen molar-refractivity contribution in [3.63, 3.8) is 0 Å². The van der Waals surface area contributed by atoms with Crippen LogP contribution >= 0.6 is 0 Å². The van der Waals surface area contributed by atoms with Gasteiger partial charge in [0.2, 0.25) is 0 Å². The van der Waals surface area contributed by atoms with Gasteiger partial charge >= 0.3 is 0 Å². The van der Waals surface area contributed by atoms with Gasteiger partial charge in [0, 0.05) is 30.4 Å². The first-order chi connectivity index (χ1) is 15.3. The van der Waals surface area contributed by atoms with E-state index in [4.69, 9.17) is 0 Å². The number of benzene rings is 2. The number of nitrogens with zero attached hydrogens (tertiary/aromatic N) is 5. The van der Waals surface area contributed by atoms with Crippen LogP contribution in [0.1, 0.15) is 24.1 Å². The summed E-state index contributed by atoms with van der Waals surface area (Å²) in [5.41, 5.74) is -1.03. The Morgan fingerprint density at radius 3 is 2.50 bits per heavy atom. The molecule has 0 aliphatic carbocycles. The minimum Gasteiger partial charge on any atom is -0.381 e. The third-order valence-corrected chi connectivity index (χ3v) is 5.35. The zero-order valence-electron chi connectivity index (χ0n) is 17.2. The van der Waals surface area contributed by atoms with E-state index in [-0.39, 0.29) is 17.9 Å². The summed E-state index contributed by atoms with van der Waals surface area (Å²) in [7, 11) is 0. The molecule has 32 heavy (non-hydrogen) atoms. The van der Waals surface area contributed by atoms with Gasteiger partial charge in [-0.2, -0.15) is 10.2 Å². The Morgan fingerprint density at radius 2 is 1.81 bits per heavy atom. The summed E-state index contributed by atoms with van der Waals surface area (Å²) in [5.74, 6) is -1.41. The lowest BCUT2D eigenvalue weighted by molar-refractivity contribution is -0.0368. The molecule has 2 aromatic carbocycles. The molecule has 0 fully saturated rings. The van der Waals surface area contributed by atoms with E-state index in [2.05, 4.69) is 20.5 Å². The van der Waals surface area contributed by atoms with Crippen LogP contribution in [-0.4, -0.2) is 29.7 Å². The van der Waals surface area contributed by atoms with Gasteiger partial charge in [-0.05, 0) is 30.7 Å². The Morgan fingerprint density at radius 1 is 1.06 bits per heavy atom. The summed E-state index contributed by atoms with van der Waals surface area (Å²) < 4.78 is 44.1. The van der Waals surface area contributed by atoms with Crippen LogP contribution in [0.25, 0.3) is 0 Å². The number of anilines is 1. The van der Waals surface area contributed by atoms with Crippen LogP contribution in [0.15, 0.2) is 67.4 Å². The summed E-state index contributed by atoms with van der Waals surface area (Å²) >= 11 is 0. The number of aliphatic hydroxyl groups is 1. The van der Waals surface area contributed by atoms with E-state index in [9.17, 15) is 18.3 Å². The first-order valence-electron chi connectivity index (χ1n) is 9.89. The largest absolute Gasteiger partial charge is 0.381 e. The van der Waals surface area contributed by atoms with Crippen LogP contribution in [0.2, 0.25) is 0 Å². The van der Waals surface area contributed by atoms with Crippen molar-refractivity contribution in [2.45, 2.75) is 31.7 Å². The maximum Gasteiger partial charge on any atom is 0.148 e. The zero-order chi connectivity index (χ0) is 22.7. The molecule has 2 aromatic heterocycles. The SMILES string of the molecule is C[C@@H](n1ccc(NCc2ccc(F)cc2)n1)[C@](O)(Cn1cncn1)c1ccc(F)cc1F. The van der Waals surface area contributed by atoms with Gasteiger partial charge in [-0.15, -0.1) is 0 Å². The molecule has 0 aliphatic rings. The molecule has 0 aliphatic heterocycles. The Labute approximate surface area is 182 Å². The molecule has 166 valence electrons. The number of nitrogens with one attached hydrogen (secondary N) is 1. The van der Waals surface area contributed by atoms with Crippen LogP contribution in [-0.2, 0) is 18.7 Å². The van der Waals surface area contributed by atoms with E-state index in [0.717, 1.165) is 17.7 Å². The molecule has 0 bridgehead atoms. The Kier molecular flexibility index (Phi) is 5.95. The van der Waals surface area contributed by atoms with Crippen LogP contribution in [0.4, 0.5) is 19.0 Å². The van der Waals surface area contributed by atoms with E-state index in [0.29, 0.717) is 12.4 Å². The van der Waals surface area contributed by atoms with Crippen molar-refractivity contribution in [3.05, 3.63) is 96.0 Å². The maximum atomic E-state index is 14.7. The molecular formula is C22H21F3N6O. The summed E-state index contributed by atoms with van der Waals surface area (Å²) in [6.45, 7) is 1.97. The van der Waals surface area contributed by atoms with Crippen molar-refractivity contribution in [1.82, 2.24) is 24.5 Å². The molecule has 0 radical (unpaired) electrons. The Bertz CT molecular complexity index is 1180. The van der Waals surface area contributed by atoms with Gasteiger partial charge in [-0.1, -0.05) is 18.2 Å². The van der Waals surface area contributed by atoms with Gasteiger partial charge < -0.3 is 10.4 Å². The van der Waals surface area contributed by atoms with Crippen LogP contribution in [0, 0.1) is 17.5 Å². The highest BCUT2D eigenvalue weighted by molar-refractivity contribution is 5.35. The lowest BCUT2D eigenvalue weighted by Crippen LogP contribution is -2.40. The number of aromatic nitrogens is 5. The van der Waals surface area contributed by atoms with Crippen LogP contribution in [0.3, 0.4) is 0 Å². The van der Waals surface area contributed by atoms with Crippen molar-refractivity contribution in [1.29, 1.82) is 0 Å². The first-order valence-corrected chi connectivity index (χ1v) is 9.89. The van der Waals surface area contributed by atoms with Crippen molar-refractivity contribution in [2.75, 3.05) is 5.32 Å². The fourth-order valence-corrected chi connectivity index (χ4v) is 3.51. The average molecular weight is 442 g/mol. The molecule has 10 heteroatoms. The quantitative estimate of drug-likeness (QED) is 0.435. The molecule has 7 nitrogen and oxygen atoms in total. The molecule has 2 N–H and O–H groups in total. The van der Waals surface area contributed by atoms with Crippen molar-refractivity contribution >= 4 is 5.82 Å². The van der Waals surface area contributed by atoms with E-state index in [1.165, 1.54) is 40.2 Å². The summed E-state index contributed by atoms with van der Waals surface area (Å²) in [6.07, 6.45) is 4.35. The molecule has 0 saturated carbocycles. The monoisotopic (exact) mass is 442 g/mol. The number of rotatable bonds is 8. The highest BCUT2D eigenvalue weighted by Gasteiger charge is 2.40. The summed E-state index contributed by atoms with van der Waals surface area (Å²) in [4.78, 5) is 3.86. The number of halogens is 3. The topological polar surface area (TPSA) is 80.8 Å². The molecule has 0 saturated heterocycles. The standard InChI is InChI=1S/C22H21F3N6O/c1-15(31-9-8-21(29-31)27-11-16-2-4-17(23)5-3-16)22(32,12-30-14-26-13-28-30)19-7-6-18(24)10-20(19)25/h2-10,13-15,32H,11-12H2,1H3,(H,27,29)/t15-,22-/m1/s1. The smallest absolute Gasteiger partial charge is 0.148 e. The summed E-state index contributed by atoms with van der Waals surface area (Å²) in [5, 5.41) is 23.2. The third kappa shape index (κ3) is 4.50. The maximum absolute atomic E-state index is 14.7. The van der Waals surface area contributed by atoms with Gasteiger partial charge in [-0.3, -0.25) is 4.68 Å². The summed E-state index contributed by atoms with van der Waals surface area (Å²) in [6, 6.07) is 10.1. The fourth-order valence-electron chi connectivity index (χ4n) is 3.51. The van der Waals surface area contributed by atoms with E-state index in [1.807, 2.05) is 0 Å². The van der Waals surface area contributed by atoms with Gasteiger partial charge in [-0.25, -0.2) is 22.8 Å². The molecule has 4 aromatic rings. The minimum absolute atomic E-state index is 0.0850. The second kappa shape index (κ2) is 8.83. The fraction of sp³-hybridized carbons (Fsp3) is 0.227. The predicted molar refractivity (Wildman–Crippen MR) is 111 cm³/mol. The predicted octanol–water partition coefficient (Wildman–Crippen LogP) is 3.65. The van der Waals surface area contributed by atoms with Gasteiger partial charge in [0.1, 0.15) is 41.5 Å². The second-order valence-electron chi connectivity index (χ2n) is 7.48. The highest BCUT2D eigenvalue weighted by atomic mass is 19.1. The molecule has 2 heterocycles. The molecule has 2 atom stereocenters. The van der Waals surface area contributed by atoms with Gasteiger partial charge in [0.25, 0.3) is 0 Å². The van der Waals surface area contributed by atoms with Crippen molar-refractivity contribution < 1.29 is 18.3 Å². The van der Waals surface area contributed by atoms with Crippen LogP contribution < -0.4 is 5.32 Å². The average Bonchev–Trinajstić information content (AvgIpc) is 3.44. The van der Waals surface area contributed by atoms with Crippen molar-refractivity contribution in [3.8, 4) is 0 Å². The first kappa shape index (κ1) is 21.6. The second-order valence-corrected chi connectivity index (χ2v) is 7.48. The Hall–Kier alpha value is -3.66. The van der Waals surface area contributed by atoms with E-state index in [1.54, 1.807) is 31.3 Å². The van der Waals surface area contributed by atoms with Gasteiger partial charge in [0.15, 0.2) is 0 Å². The minimum atomic E-state index is -1.81. The molecule has 0 unspecified atom stereocenters. The molecular weight excluding hydrogens is 421 g/mol. The molecule has 4 rings (SSSR count). The van der Waals surface area contributed by atoms with Gasteiger partial charge in [0.05, 0.1) is 12.6 Å². The highest BCUT2D eigenvalue weighted by Crippen LogP contribution is 2.36. The third-order valence-electron chi connectivity index (χ3n) is 5.35. The molecule has 0 spiro atoms. The normalized spacial score (nSPS) is 14.2. The number of hydrogen-bond acceptors (Lipinski definition) is 5. The van der Waals surface area contributed by atoms with Crippen LogP contribution in [0.5, 0.6) is 0 Å². The van der Waals surface area contributed by atoms with Crippen molar-refractivity contribution in [2.24, 2.45) is 0 Å². The zero-order valence-corrected chi connectivity index (χ0v) is 17.2. The lowest BCUT2D eigenvalue weighted by atomic mass is 9.86. The Balaban J connectivity index is 1.59. The van der Waals surface area contributed by atoms with E-state index >= 15 is 0 Å². The lowest BCUT2D eigenvalue weighted by Gasteiger charge is -2.34. The van der Waals surface area contributed by atoms with E-state index < -0.39 is 23.3 Å². The number of hydrogen-bond donors (Lipinski definition) is 2.